The highest BCUT2D eigenvalue weighted by Crippen LogP contribution is 2.28. The van der Waals surface area contributed by atoms with Crippen molar-refractivity contribution in [3.8, 4) is 0 Å². The molecule has 0 bridgehead atoms. The van der Waals surface area contributed by atoms with Crippen molar-refractivity contribution in [1.82, 2.24) is 0 Å². The Morgan fingerprint density at radius 3 is 2.60 bits per heavy atom. The van der Waals surface area contributed by atoms with Crippen molar-refractivity contribution in [3.63, 3.8) is 0 Å². The molecule has 0 spiro atoms. The molecule has 0 aliphatic carbocycles. The van der Waals surface area contributed by atoms with Gasteiger partial charge in [0, 0.05) is 4.47 Å². The molecule has 0 aromatic heterocycles. The van der Waals surface area contributed by atoms with E-state index in [-0.39, 0.29) is 10.6 Å². The van der Waals surface area contributed by atoms with E-state index in [1.165, 1.54) is 24.3 Å². The molecule has 0 radical (unpaired) electrons. The number of sulfonamides is 1. The largest absolute Gasteiger partial charge is 0.395 e. The predicted octanol–water partition coefficient (Wildman–Crippen LogP) is 3.62. The molecule has 0 amide bonds. The van der Waals surface area contributed by atoms with Gasteiger partial charge in [0.15, 0.2) is 0 Å². The Balaban J connectivity index is 2.41. The Bertz CT molecular complexity index is 768. The summed E-state index contributed by atoms with van der Waals surface area (Å²) in [5.74, 6) is -0.790. The minimum absolute atomic E-state index is 0.252. The summed E-state index contributed by atoms with van der Waals surface area (Å²) in [6.45, 7) is 0. The van der Waals surface area contributed by atoms with Gasteiger partial charge < -0.3 is 5.73 Å². The number of anilines is 2. The maximum atomic E-state index is 13.3. The van der Waals surface area contributed by atoms with E-state index in [2.05, 4.69) is 20.7 Å². The lowest BCUT2D eigenvalue weighted by molar-refractivity contribution is 0.597. The molecule has 2 aromatic carbocycles. The van der Waals surface area contributed by atoms with Gasteiger partial charge in [-0.05, 0) is 46.3 Å². The molecule has 4 nitrogen and oxygen atoms in total. The number of nitrogen functional groups attached to an aromatic ring is 1. The number of hydrogen-bond acceptors (Lipinski definition) is 3. The fourth-order valence-corrected chi connectivity index (χ4v) is 3.14. The normalized spacial score (nSPS) is 11.3. The Kier molecular flexibility index (Phi) is 4.22. The van der Waals surface area contributed by atoms with E-state index in [1.807, 2.05) is 0 Å². The number of nitrogens with one attached hydrogen (secondary N) is 1. The second-order valence-corrected chi connectivity index (χ2v) is 6.80. The van der Waals surface area contributed by atoms with E-state index in [0.29, 0.717) is 9.50 Å². The molecule has 0 saturated heterocycles. The molecule has 0 atom stereocenters. The van der Waals surface area contributed by atoms with Crippen LogP contribution in [0.25, 0.3) is 0 Å². The number of hydrogen-bond donors (Lipinski definition) is 2. The lowest BCUT2D eigenvalue weighted by Crippen LogP contribution is -2.15. The van der Waals surface area contributed by atoms with Gasteiger partial charge in [0.1, 0.15) is 10.7 Å². The van der Waals surface area contributed by atoms with Crippen molar-refractivity contribution < 1.29 is 12.8 Å². The van der Waals surface area contributed by atoms with Gasteiger partial charge in [-0.1, -0.05) is 17.7 Å². The maximum Gasteiger partial charge on any atom is 0.264 e. The van der Waals surface area contributed by atoms with Crippen molar-refractivity contribution in [2.45, 2.75) is 4.90 Å². The van der Waals surface area contributed by atoms with Crippen LogP contribution < -0.4 is 10.5 Å². The molecule has 20 heavy (non-hydrogen) atoms. The second-order valence-electron chi connectivity index (χ2n) is 3.89. The van der Waals surface area contributed by atoms with Crippen LogP contribution in [0.5, 0.6) is 0 Å². The van der Waals surface area contributed by atoms with Gasteiger partial charge in [-0.3, -0.25) is 4.72 Å². The molecule has 8 heteroatoms. The third-order valence-corrected chi connectivity index (χ3v) is 5.15. The molecular formula is C12H9BrClFN2O2S. The SMILES string of the molecule is Nc1c(F)cccc1S(=O)(=O)Nc1ccc(Br)c(Cl)c1. The monoisotopic (exact) mass is 378 g/mol. The van der Waals surface area contributed by atoms with E-state index >= 15 is 0 Å². The van der Waals surface area contributed by atoms with Gasteiger partial charge in [-0.25, -0.2) is 12.8 Å². The number of rotatable bonds is 3. The quantitative estimate of drug-likeness (QED) is 0.800. The van der Waals surface area contributed by atoms with Crippen LogP contribution in [0.15, 0.2) is 45.8 Å². The maximum absolute atomic E-state index is 13.3. The summed E-state index contributed by atoms with van der Waals surface area (Å²) in [6.07, 6.45) is 0. The average molecular weight is 380 g/mol. The van der Waals surface area contributed by atoms with Crippen molar-refractivity contribution in [3.05, 3.63) is 51.7 Å². The van der Waals surface area contributed by atoms with Crippen LogP contribution in [0.3, 0.4) is 0 Å². The molecule has 0 unspecified atom stereocenters. The van der Waals surface area contributed by atoms with Crippen LogP contribution in [-0.2, 0) is 10.0 Å². The third kappa shape index (κ3) is 3.05. The fraction of sp³-hybridized carbons (Fsp3) is 0. The first-order valence-corrected chi connectivity index (χ1v) is 7.98. The van der Waals surface area contributed by atoms with Crippen molar-refractivity contribution in [2.75, 3.05) is 10.5 Å². The smallest absolute Gasteiger partial charge is 0.264 e. The van der Waals surface area contributed by atoms with E-state index < -0.39 is 21.5 Å². The van der Waals surface area contributed by atoms with Gasteiger partial charge in [0.2, 0.25) is 0 Å². The van der Waals surface area contributed by atoms with Gasteiger partial charge in [-0.15, -0.1) is 0 Å². The summed E-state index contributed by atoms with van der Waals surface area (Å²) in [4.78, 5) is -0.323. The van der Waals surface area contributed by atoms with Crippen LogP contribution in [0.1, 0.15) is 0 Å². The van der Waals surface area contributed by atoms with Gasteiger partial charge in [0.05, 0.1) is 16.4 Å². The summed E-state index contributed by atoms with van der Waals surface area (Å²) >= 11 is 9.08. The highest BCUT2D eigenvalue weighted by Gasteiger charge is 2.19. The number of benzene rings is 2. The number of halogens is 3. The minimum Gasteiger partial charge on any atom is -0.395 e. The fourth-order valence-electron chi connectivity index (χ4n) is 1.52. The zero-order valence-corrected chi connectivity index (χ0v) is 13.1. The highest BCUT2D eigenvalue weighted by atomic mass is 79.9. The van der Waals surface area contributed by atoms with E-state index in [4.69, 9.17) is 17.3 Å². The summed E-state index contributed by atoms with van der Waals surface area (Å²) in [7, 11) is -3.99. The van der Waals surface area contributed by atoms with Crippen LogP contribution >= 0.6 is 27.5 Å². The zero-order valence-electron chi connectivity index (χ0n) is 9.90. The Hall–Kier alpha value is -1.31. The predicted molar refractivity (Wildman–Crippen MR) is 80.8 cm³/mol. The minimum atomic E-state index is -3.99. The van der Waals surface area contributed by atoms with Crippen LogP contribution in [0.2, 0.25) is 5.02 Å². The Morgan fingerprint density at radius 1 is 1.25 bits per heavy atom. The summed E-state index contributed by atoms with van der Waals surface area (Å²) in [6, 6.07) is 8.12. The third-order valence-electron chi connectivity index (χ3n) is 2.47. The lowest BCUT2D eigenvalue weighted by atomic mass is 10.3. The molecule has 2 rings (SSSR count). The number of para-hydroxylation sites is 1. The van der Waals surface area contributed by atoms with E-state index in [0.717, 1.165) is 6.07 Å². The van der Waals surface area contributed by atoms with Crippen LogP contribution in [0, 0.1) is 5.82 Å². The van der Waals surface area contributed by atoms with Crippen molar-refractivity contribution in [2.24, 2.45) is 0 Å². The molecule has 106 valence electrons. The Labute approximate surface area is 128 Å². The standard InChI is InChI=1S/C12H9BrClFN2O2S/c13-8-5-4-7(6-9(8)14)17-20(18,19)11-3-1-2-10(15)12(11)16/h1-6,17H,16H2. The molecule has 0 aliphatic rings. The molecule has 0 heterocycles. The molecule has 0 fully saturated rings. The zero-order chi connectivity index (χ0) is 14.9. The first-order valence-electron chi connectivity index (χ1n) is 5.33. The van der Waals surface area contributed by atoms with E-state index in [9.17, 15) is 12.8 Å². The summed E-state index contributed by atoms with van der Waals surface area (Å²) in [5, 5.41) is 0.345. The van der Waals surface area contributed by atoms with Gasteiger partial charge in [-0.2, -0.15) is 0 Å². The van der Waals surface area contributed by atoms with Crippen LogP contribution in [0.4, 0.5) is 15.8 Å². The molecule has 0 aliphatic heterocycles. The molecule has 3 N–H and O–H groups in total. The first kappa shape index (κ1) is 15.1. The highest BCUT2D eigenvalue weighted by molar-refractivity contribution is 9.10. The second kappa shape index (κ2) is 5.59. The van der Waals surface area contributed by atoms with Gasteiger partial charge >= 0.3 is 0 Å². The molecule has 2 aromatic rings. The topological polar surface area (TPSA) is 72.2 Å². The first-order chi connectivity index (χ1) is 9.31. The average Bonchev–Trinajstić information content (AvgIpc) is 2.36. The molecular weight excluding hydrogens is 371 g/mol. The Morgan fingerprint density at radius 2 is 1.95 bits per heavy atom. The van der Waals surface area contributed by atoms with E-state index in [1.54, 1.807) is 6.07 Å². The summed E-state index contributed by atoms with van der Waals surface area (Å²) < 4.78 is 40.6. The van der Waals surface area contributed by atoms with Crippen LogP contribution in [-0.4, -0.2) is 8.42 Å². The van der Waals surface area contributed by atoms with Crippen molar-refractivity contribution >= 4 is 48.9 Å². The van der Waals surface area contributed by atoms with Gasteiger partial charge in [0.25, 0.3) is 10.0 Å². The van der Waals surface area contributed by atoms with Crippen molar-refractivity contribution in [1.29, 1.82) is 0 Å². The number of nitrogens with two attached hydrogens (primary N) is 1. The molecule has 0 saturated carbocycles. The summed E-state index contributed by atoms with van der Waals surface area (Å²) in [5.41, 5.74) is 5.27. The lowest BCUT2D eigenvalue weighted by Gasteiger charge is -2.11.